The van der Waals surface area contributed by atoms with Crippen molar-refractivity contribution in [3.05, 3.63) is 60.2 Å². The van der Waals surface area contributed by atoms with E-state index in [0.29, 0.717) is 19.5 Å². The number of amides is 1. The first kappa shape index (κ1) is 20.5. The smallest absolute Gasteiger partial charge is 0.410 e. The summed E-state index contributed by atoms with van der Waals surface area (Å²) in [6, 6.07) is 17.4. The molecule has 27 heavy (non-hydrogen) atoms. The van der Waals surface area contributed by atoms with Gasteiger partial charge in [-0.2, -0.15) is 0 Å². The molecule has 0 fully saturated rings. The fourth-order valence-corrected chi connectivity index (χ4v) is 2.48. The largest absolute Gasteiger partial charge is 0.457 e. The standard InChI is InChI=1S/C22H27NO4/c1-22(2,3)27-21(25)23(14-8-16-24)15-13-18-9-7-12-20(17-18)26-19-10-5-4-6-11-19/h4-7,9-12,16-17H,8,13-15H2,1-3H3. The quantitative estimate of drug-likeness (QED) is 0.624. The van der Waals surface area contributed by atoms with Gasteiger partial charge in [0.15, 0.2) is 0 Å². The minimum atomic E-state index is -0.569. The maximum absolute atomic E-state index is 12.4. The molecule has 0 heterocycles. The predicted molar refractivity (Wildman–Crippen MR) is 105 cm³/mol. The highest BCUT2D eigenvalue weighted by Gasteiger charge is 2.21. The maximum atomic E-state index is 12.4. The molecule has 1 amide bonds. The number of aldehydes is 1. The number of rotatable bonds is 8. The molecule has 0 N–H and O–H groups in total. The van der Waals surface area contributed by atoms with E-state index in [1.165, 1.54) is 0 Å². The summed E-state index contributed by atoms with van der Waals surface area (Å²) in [6.45, 7) is 6.30. The first-order valence-electron chi connectivity index (χ1n) is 9.11. The van der Waals surface area contributed by atoms with Crippen LogP contribution in [0.3, 0.4) is 0 Å². The number of hydrogen-bond acceptors (Lipinski definition) is 4. The highest BCUT2D eigenvalue weighted by atomic mass is 16.6. The number of para-hydroxylation sites is 1. The number of carbonyl (C=O) groups excluding carboxylic acids is 2. The van der Waals surface area contributed by atoms with E-state index in [9.17, 15) is 9.59 Å². The van der Waals surface area contributed by atoms with Crippen LogP contribution < -0.4 is 4.74 Å². The van der Waals surface area contributed by atoms with Crippen LogP contribution in [0.15, 0.2) is 54.6 Å². The van der Waals surface area contributed by atoms with Crippen LogP contribution in [0.25, 0.3) is 0 Å². The number of ether oxygens (including phenoxy) is 2. The first-order valence-corrected chi connectivity index (χ1v) is 9.11. The molecule has 0 aliphatic heterocycles. The van der Waals surface area contributed by atoms with Crippen LogP contribution in [0.5, 0.6) is 11.5 Å². The van der Waals surface area contributed by atoms with Crippen molar-refractivity contribution >= 4 is 12.4 Å². The Morgan fingerprint density at radius 3 is 2.37 bits per heavy atom. The lowest BCUT2D eigenvalue weighted by Crippen LogP contribution is -2.38. The van der Waals surface area contributed by atoms with Gasteiger partial charge in [-0.15, -0.1) is 0 Å². The Kier molecular flexibility index (Phi) is 7.41. The highest BCUT2D eigenvalue weighted by Crippen LogP contribution is 2.22. The van der Waals surface area contributed by atoms with Crippen molar-refractivity contribution in [1.82, 2.24) is 4.90 Å². The van der Waals surface area contributed by atoms with Crippen LogP contribution in [0, 0.1) is 0 Å². The van der Waals surface area contributed by atoms with E-state index in [1.54, 1.807) is 4.90 Å². The summed E-state index contributed by atoms with van der Waals surface area (Å²) in [4.78, 5) is 24.6. The lowest BCUT2D eigenvalue weighted by Gasteiger charge is -2.27. The van der Waals surface area contributed by atoms with Gasteiger partial charge < -0.3 is 19.2 Å². The summed E-state index contributed by atoms with van der Waals surface area (Å²) in [5.41, 5.74) is 0.475. The molecule has 0 saturated carbocycles. The summed E-state index contributed by atoms with van der Waals surface area (Å²) in [7, 11) is 0. The van der Waals surface area contributed by atoms with Crippen LogP contribution in [0.2, 0.25) is 0 Å². The van der Waals surface area contributed by atoms with E-state index in [4.69, 9.17) is 9.47 Å². The van der Waals surface area contributed by atoms with Gasteiger partial charge in [-0.05, 0) is 57.0 Å². The Labute approximate surface area is 160 Å². The topological polar surface area (TPSA) is 55.8 Å². The molecule has 0 bridgehead atoms. The number of nitrogens with zero attached hydrogens (tertiary/aromatic N) is 1. The Morgan fingerprint density at radius 1 is 1.00 bits per heavy atom. The molecule has 0 atom stereocenters. The second kappa shape index (κ2) is 9.76. The third-order valence-electron chi connectivity index (χ3n) is 3.72. The monoisotopic (exact) mass is 369 g/mol. The second-order valence-electron chi connectivity index (χ2n) is 7.24. The van der Waals surface area contributed by atoms with E-state index in [1.807, 2.05) is 75.4 Å². The first-order chi connectivity index (χ1) is 12.9. The molecule has 2 aromatic carbocycles. The van der Waals surface area contributed by atoms with Crippen molar-refractivity contribution in [3.63, 3.8) is 0 Å². The molecule has 2 rings (SSSR count). The average molecular weight is 369 g/mol. The van der Waals surface area contributed by atoms with Gasteiger partial charge in [0, 0.05) is 19.5 Å². The third-order valence-corrected chi connectivity index (χ3v) is 3.72. The van der Waals surface area contributed by atoms with Gasteiger partial charge in [0.05, 0.1) is 0 Å². The van der Waals surface area contributed by atoms with Crippen LogP contribution in [-0.4, -0.2) is 36.0 Å². The predicted octanol–water partition coefficient (Wildman–Crippen LogP) is 4.85. The fourth-order valence-electron chi connectivity index (χ4n) is 2.48. The van der Waals surface area contributed by atoms with Crippen LogP contribution in [-0.2, 0) is 16.0 Å². The van der Waals surface area contributed by atoms with Gasteiger partial charge in [-0.25, -0.2) is 4.79 Å². The third kappa shape index (κ3) is 7.52. The number of benzene rings is 2. The molecule has 0 aromatic heterocycles. The fraction of sp³-hybridized carbons (Fsp3) is 0.364. The normalized spacial score (nSPS) is 10.9. The van der Waals surface area contributed by atoms with Crippen LogP contribution in [0.1, 0.15) is 32.8 Å². The lowest BCUT2D eigenvalue weighted by atomic mass is 10.1. The molecule has 0 radical (unpaired) electrons. The van der Waals surface area contributed by atoms with Crippen molar-refractivity contribution in [1.29, 1.82) is 0 Å². The maximum Gasteiger partial charge on any atom is 0.410 e. The zero-order valence-electron chi connectivity index (χ0n) is 16.2. The lowest BCUT2D eigenvalue weighted by molar-refractivity contribution is -0.108. The summed E-state index contributed by atoms with van der Waals surface area (Å²) >= 11 is 0. The van der Waals surface area contributed by atoms with Crippen LogP contribution in [0.4, 0.5) is 4.79 Å². The molecular formula is C22H27NO4. The summed E-state index contributed by atoms with van der Waals surface area (Å²) in [6.07, 6.45) is 1.34. The van der Waals surface area contributed by atoms with Crippen molar-refractivity contribution in [2.24, 2.45) is 0 Å². The Bertz CT molecular complexity index is 737. The van der Waals surface area contributed by atoms with Gasteiger partial charge in [0.25, 0.3) is 0 Å². The molecule has 2 aromatic rings. The summed E-state index contributed by atoms with van der Waals surface area (Å²) in [5, 5.41) is 0. The molecule has 5 heteroatoms. The SMILES string of the molecule is CC(C)(C)OC(=O)N(CCC=O)CCc1cccc(Oc2ccccc2)c1. The van der Waals surface area contributed by atoms with Crippen molar-refractivity contribution < 1.29 is 19.1 Å². The summed E-state index contributed by atoms with van der Waals surface area (Å²) < 4.78 is 11.3. The molecule has 5 nitrogen and oxygen atoms in total. The zero-order valence-corrected chi connectivity index (χ0v) is 16.2. The molecular weight excluding hydrogens is 342 g/mol. The van der Waals surface area contributed by atoms with E-state index < -0.39 is 11.7 Å². The van der Waals surface area contributed by atoms with Gasteiger partial charge in [-0.3, -0.25) is 0 Å². The Morgan fingerprint density at radius 2 is 1.70 bits per heavy atom. The van der Waals surface area contributed by atoms with E-state index in [-0.39, 0.29) is 6.42 Å². The molecule has 0 spiro atoms. The van der Waals surface area contributed by atoms with E-state index >= 15 is 0 Å². The second-order valence-corrected chi connectivity index (χ2v) is 7.24. The van der Waals surface area contributed by atoms with Crippen molar-refractivity contribution in [3.8, 4) is 11.5 Å². The van der Waals surface area contributed by atoms with Crippen molar-refractivity contribution in [2.45, 2.75) is 39.2 Å². The van der Waals surface area contributed by atoms with E-state index in [0.717, 1.165) is 23.3 Å². The molecule has 144 valence electrons. The van der Waals surface area contributed by atoms with Gasteiger partial charge >= 0.3 is 6.09 Å². The van der Waals surface area contributed by atoms with Gasteiger partial charge in [0.2, 0.25) is 0 Å². The van der Waals surface area contributed by atoms with Gasteiger partial charge in [0.1, 0.15) is 23.4 Å². The average Bonchev–Trinajstić information content (AvgIpc) is 2.61. The molecule has 0 aliphatic rings. The minimum absolute atomic E-state index is 0.288. The molecule has 0 saturated heterocycles. The number of carbonyl (C=O) groups is 2. The van der Waals surface area contributed by atoms with Crippen molar-refractivity contribution in [2.75, 3.05) is 13.1 Å². The van der Waals surface area contributed by atoms with E-state index in [2.05, 4.69) is 0 Å². The zero-order chi connectivity index (χ0) is 19.7. The highest BCUT2D eigenvalue weighted by molar-refractivity contribution is 5.68. The molecule has 0 aliphatic carbocycles. The molecule has 0 unspecified atom stereocenters. The van der Waals surface area contributed by atoms with Crippen LogP contribution >= 0.6 is 0 Å². The summed E-state index contributed by atoms with van der Waals surface area (Å²) in [5.74, 6) is 1.52. The minimum Gasteiger partial charge on any atom is -0.457 e. The van der Waals surface area contributed by atoms with Gasteiger partial charge in [-0.1, -0.05) is 30.3 Å². The Balaban J connectivity index is 2.00. The number of hydrogen-bond donors (Lipinski definition) is 0. The Hall–Kier alpha value is -2.82.